The highest BCUT2D eigenvalue weighted by Gasteiger charge is 2.31. The number of primary amides is 1. The van der Waals surface area contributed by atoms with E-state index in [1.54, 1.807) is 19.1 Å². The first-order valence-electron chi connectivity index (χ1n) is 6.78. The molecule has 1 unspecified atom stereocenters. The van der Waals surface area contributed by atoms with Crippen LogP contribution in [0.4, 0.5) is 5.69 Å². The third kappa shape index (κ3) is 3.46. The molecule has 1 heterocycles. The van der Waals surface area contributed by atoms with Gasteiger partial charge in [-0.25, -0.2) is 4.79 Å². The Bertz CT molecular complexity index is 550. The van der Waals surface area contributed by atoms with Gasteiger partial charge in [0.15, 0.2) is 0 Å². The fraction of sp³-hybridized carbons (Fsp3) is 0.429. The number of nitrogens with zero attached hydrogens (tertiary/aromatic N) is 1. The number of hydrogen-bond acceptors (Lipinski definition) is 5. The lowest BCUT2D eigenvalue weighted by Crippen LogP contribution is -2.55. The van der Waals surface area contributed by atoms with E-state index in [1.165, 1.54) is 6.07 Å². The maximum Gasteiger partial charge on any atom is 0.330 e. The quantitative estimate of drug-likeness (QED) is 0.803. The van der Waals surface area contributed by atoms with Gasteiger partial charge in [0.25, 0.3) is 0 Å². The van der Waals surface area contributed by atoms with Gasteiger partial charge < -0.3 is 20.7 Å². The minimum Gasteiger partial charge on any atom is -0.464 e. The van der Waals surface area contributed by atoms with Gasteiger partial charge in [-0.3, -0.25) is 4.79 Å². The number of nitrogens with one attached hydrogen (secondary N) is 1. The van der Waals surface area contributed by atoms with Crippen LogP contribution < -0.4 is 16.0 Å². The van der Waals surface area contributed by atoms with Crippen LogP contribution in [-0.2, 0) is 9.53 Å². The first-order valence-corrected chi connectivity index (χ1v) is 7.15. The van der Waals surface area contributed by atoms with Crippen molar-refractivity contribution in [2.75, 3.05) is 31.1 Å². The monoisotopic (exact) mass is 311 g/mol. The minimum absolute atomic E-state index is 0.292. The van der Waals surface area contributed by atoms with Gasteiger partial charge in [0.1, 0.15) is 6.04 Å². The summed E-state index contributed by atoms with van der Waals surface area (Å²) in [6.45, 7) is 3.96. The molecule has 1 saturated heterocycles. The molecular weight excluding hydrogens is 294 g/mol. The van der Waals surface area contributed by atoms with Crippen molar-refractivity contribution in [1.82, 2.24) is 5.32 Å². The van der Waals surface area contributed by atoms with Crippen molar-refractivity contribution in [1.29, 1.82) is 0 Å². The van der Waals surface area contributed by atoms with Crippen LogP contribution >= 0.6 is 11.6 Å². The van der Waals surface area contributed by atoms with Crippen LogP contribution in [0.15, 0.2) is 18.2 Å². The number of rotatable bonds is 4. The van der Waals surface area contributed by atoms with E-state index in [0.29, 0.717) is 36.0 Å². The number of nitrogens with two attached hydrogens (primary N) is 1. The molecule has 1 amide bonds. The Balaban J connectivity index is 2.29. The highest BCUT2D eigenvalue weighted by molar-refractivity contribution is 6.33. The molecule has 0 aromatic heterocycles. The molecule has 2 rings (SSSR count). The zero-order valence-corrected chi connectivity index (χ0v) is 12.5. The normalized spacial score (nSPS) is 18.4. The summed E-state index contributed by atoms with van der Waals surface area (Å²) in [7, 11) is 0. The first-order chi connectivity index (χ1) is 10.0. The molecule has 0 spiro atoms. The van der Waals surface area contributed by atoms with Gasteiger partial charge in [-0.15, -0.1) is 0 Å². The van der Waals surface area contributed by atoms with E-state index in [1.807, 2.05) is 4.90 Å². The second-order valence-corrected chi connectivity index (χ2v) is 5.10. The summed E-state index contributed by atoms with van der Waals surface area (Å²) in [6, 6.07) is 4.40. The number of piperazine rings is 1. The third-order valence-corrected chi connectivity index (χ3v) is 3.65. The number of benzene rings is 1. The third-order valence-electron chi connectivity index (χ3n) is 3.34. The van der Waals surface area contributed by atoms with Crippen molar-refractivity contribution in [2.24, 2.45) is 5.73 Å². The van der Waals surface area contributed by atoms with E-state index < -0.39 is 11.9 Å². The molecule has 7 heteroatoms. The van der Waals surface area contributed by atoms with Crippen LogP contribution in [0.25, 0.3) is 0 Å². The average Bonchev–Trinajstić information content (AvgIpc) is 2.47. The Morgan fingerprint density at radius 1 is 1.52 bits per heavy atom. The number of ether oxygens (including phenoxy) is 1. The molecule has 1 aliphatic rings. The smallest absolute Gasteiger partial charge is 0.330 e. The fourth-order valence-corrected chi connectivity index (χ4v) is 2.62. The average molecular weight is 312 g/mol. The van der Waals surface area contributed by atoms with E-state index in [9.17, 15) is 9.59 Å². The van der Waals surface area contributed by atoms with Gasteiger partial charge in [-0.05, 0) is 25.1 Å². The number of halogens is 1. The Labute approximate surface area is 128 Å². The summed E-state index contributed by atoms with van der Waals surface area (Å²) in [5.74, 6) is -0.828. The van der Waals surface area contributed by atoms with Gasteiger partial charge in [-0.1, -0.05) is 11.6 Å². The molecule has 0 aliphatic carbocycles. The van der Waals surface area contributed by atoms with Crippen LogP contribution in [0.2, 0.25) is 5.02 Å². The molecular formula is C14H18ClN3O3. The molecule has 6 nitrogen and oxygen atoms in total. The summed E-state index contributed by atoms with van der Waals surface area (Å²) in [6.07, 6.45) is 0. The molecule has 1 aromatic rings. The highest BCUT2D eigenvalue weighted by atomic mass is 35.5. The molecule has 21 heavy (non-hydrogen) atoms. The topological polar surface area (TPSA) is 84.7 Å². The second kappa shape index (κ2) is 6.78. The van der Waals surface area contributed by atoms with Crippen molar-refractivity contribution >= 4 is 29.2 Å². The van der Waals surface area contributed by atoms with Crippen LogP contribution in [0, 0.1) is 0 Å². The fourth-order valence-electron chi connectivity index (χ4n) is 2.33. The largest absolute Gasteiger partial charge is 0.464 e. The van der Waals surface area contributed by atoms with E-state index in [2.05, 4.69) is 5.32 Å². The number of carbonyl (C=O) groups is 2. The highest BCUT2D eigenvalue weighted by Crippen LogP contribution is 2.29. The molecule has 3 N–H and O–H groups in total. The molecule has 1 atom stereocenters. The minimum atomic E-state index is -0.536. The zero-order valence-electron chi connectivity index (χ0n) is 11.8. The van der Waals surface area contributed by atoms with E-state index >= 15 is 0 Å². The Morgan fingerprint density at radius 2 is 2.29 bits per heavy atom. The van der Waals surface area contributed by atoms with E-state index in [4.69, 9.17) is 22.1 Å². The summed E-state index contributed by atoms with van der Waals surface area (Å²) >= 11 is 6.23. The predicted molar refractivity (Wildman–Crippen MR) is 80.6 cm³/mol. The van der Waals surface area contributed by atoms with Crippen LogP contribution in [0.1, 0.15) is 17.3 Å². The predicted octanol–water partition coefficient (Wildman–Crippen LogP) is 0.780. The second-order valence-electron chi connectivity index (χ2n) is 4.70. The van der Waals surface area contributed by atoms with Crippen molar-refractivity contribution < 1.29 is 14.3 Å². The number of hydrogen-bond donors (Lipinski definition) is 2. The Kier molecular flexibility index (Phi) is 5.03. The summed E-state index contributed by atoms with van der Waals surface area (Å²) in [5.41, 5.74) is 6.27. The molecule has 1 aromatic carbocycles. The maximum atomic E-state index is 12.0. The van der Waals surface area contributed by atoms with Gasteiger partial charge in [0.05, 0.1) is 17.3 Å². The summed E-state index contributed by atoms with van der Waals surface area (Å²) < 4.78 is 5.10. The lowest BCUT2D eigenvalue weighted by Gasteiger charge is -2.36. The van der Waals surface area contributed by atoms with Crippen LogP contribution in [-0.4, -0.2) is 44.2 Å². The van der Waals surface area contributed by atoms with Gasteiger partial charge >= 0.3 is 5.97 Å². The maximum absolute atomic E-state index is 12.0. The van der Waals surface area contributed by atoms with Gasteiger partial charge in [0, 0.05) is 25.2 Å². The first kappa shape index (κ1) is 15.6. The lowest BCUT2D eigenvalue weighted by atomic mass is 10.1. The SMILES string of the molecule is CCOC(=O)C1CNCCN1c1ccc(C(N)=O)cc1Cl. The van der Waals surface area contributed by atoms with Crippen molar-refractivity contribution in [3.8, 4) is 0 Å². The molecule has 114 valence electrons. The standard InChI is InChI=1S/C14H18ClN3O3/c1-2-21-14(20)12-8-17-5-6-18(12)11-4-3-9(13(16)19)7-10(11)15/h3-4,7,12,17H,2,5-6,8H2,1H3,(H2,16,19). The molecule has 1 aliphatic heterocycles. The van der Waals surface area contributed by atoms with E-state index in [0.717, 1.165) is 6.54 Å². The number of carbonyl (C=O) groups excluding carboxylic acids is 2. The van der Waals surface area contributed by atoms with Crippen molar-refractivity contribution in [2.45, 2.75) is 13.0 Å². The van der Waals surface area contributed by atoms with Crippen molar-refractivity contribution in [3.05, 3.63) is 28.8 Å². The number of anilines is 1. The zero-order chi connectivity index (χ0) is 15.4. The van der Waals surface area contributed by atoms with Crippen LogP contribution in [0.5, 0.6) is 0 Å². The summed E-state index contributed by atoms with van der Waals surface area (Å²) in [5, 5.41) is 3.55. The lowest BCUT2D eigenvalue weighted by molar-refractivity contribution is -0.144. The van der Waals surface area contributed by atoms with Crippen LogP contribution in [0.3, 0.4) is 0 Å². The van der Waals surface area contributed by atoms with E-state index in [-0.39, 0.29) is 5.97 Å². The Hall–Kier alpha value is -1.79. The number of esters is 1. The molecule has 0 saturated carbocycles. The van der Waals surface area contributed by atoms with Gasteiger partial charge in [0.2, 0.25) is 5.91 Å². The Morgan fingerprint density at radius 3 is 2.90 bits per heavy atom. The van der Waals surface area contributed by atoms with Gasteiger partial charge in [-0.2, -0.15) is 0 Å². The molecule has 0 radical (unpaired) electrons. The molecule has 1 fully saturated rings. The molecule has 0 bridgehead atoms. The summed E-state index contributed by atoms with van der Waals surface area (Å²) in [4.78, 5) is 25.1. The number of amides is 1. The van der Waals surface area contributed by atoms with Crippen molar-refractivity contribution in [3.63, 3.8) is 0 Å².